The Morgan fingerprint density at radius 1 is 1.06 bits per heavy atom. The SMILES string of the molecule is CSCC[C@@H](NC(=O)OC(C)(C)C)C(=O)Nc1ccc(Br)c2ccc(O[Si](C)(C)C(C)(C)C)cc12. The number of anilines is 1. The summed E-state index contributed by atoms with van der Waals surface area (Å²) in [6.45, 7) is 16.4. The number of hydrogen-bond acceptors (Lipinski definition) is 5. The van der Waals surface area contributed by atoms with Crippen LogP contribution in [0.1, 0.15) is 48.0 Å². The third-order valence-corrected chi connectivity index (χ3v) is 11.7. The number of hydrogen-bond donors (Lipinski definition) is 2. The minimum Gasteiger partial charge on any atom is -0.543 e. The van der Waals surface area contributed by atoms with E-state index in [2.05, 4.69) is 60.4 Å². The summed E-state index contributed by atoms with van der Waals surface area (Å²) in [6.07, 6.45) is 1.85. The molecule has 2 N–H and O–H groups in total. The van der Waals surface area contributed by atoms with Crippen LogP contribution < -0.4 is 15.1 Å². The van der Waals surface area contributed by atoms with Crippen molar-refractivity contribution in [3.05, 3.63) is 34.8 Å². The van der Waals surface area contributed by atoms with Crippen LogP contribution in [0.2, 0.25) is 18.1 Å². The van der Waals surface area contributed by atoms with E-state index in [9.17, 15) is 9.59 Å². The molecule has 2 aromatic rings. The Hall–Kier alpha value is -1.71. The van der Waals surface area contributed by atoms with E-state index in [4.69, 9.17) is 9.16 Å². The lowest BCUT2D eigenvalue weighted by Crippen LogP contribution is -2.46. The highest BCUT2D eigenvalue weighted by molar-refractivity contribution is 9.10. The summed E-state index contributed by atoms with van der Waals surface area (Å²) in [4.78, 5) is 25.6. The summed E-state index contributed by atoms with van der Waals surface area (Å²) < 4.78 is 12.8. The number of carbonyl (C=O) groups excluding carboxylic acids is 2. The number of amides is 2. The Balaban J connectivity index is 2.36. The third kappa shape index (κ3) is 8.43. The molecular weight excluding hydrogens is 544 g/mol. The molecule has 0 saturated carbocycles. The molecule has 0 fully saturated rings. The summed E-state index contributed by atoms with van der Waals surface area (Å²) in [7, 11) is -2.03. The van der Waals surface area contributed by atoms with Crippen LogP contribution >= 0.6 is 27.7 Å². The van der Waals surface area contributed by atoms with Crippen LogP contribution in [0.15, 0.2) is 34.8 Å². The van der Waals surface area contributed by atoms with E-state index >= 15 is 0 Å². The van der Waals surface area contributed by atoms with E-state index < -0.39 is 26.1 Å². The van der Waals surface area contributed by atoms with Gasteiger partial charge in [-0.1, -0.05) is 36.7 Å². The Bertz CT molecular complexity index is 1060. The Labute approximate surface area is 223 Å². The van der Waals surface area contributed by atoms with Crippen LogP contribution in [-0.2, 0) is 9.53 Å². The van der Waals surface area contributed by atoms with Crippen molar-refractivity contribution >= 4 is 64.5 Å². The van der Waals surface area contributed by atoms with Gasteiger partial charge in [0.2, 0.25) is 14.2 Å². The molecule has 35 heavy (non-hydrogen) atoms. The van der Waals surface area contributed by atoms with Gasteiger partial charge in [-0.05, 0) is 93.1 Å². The quantitative estimate of drug-likeness (QED) is 0.314. The van der Waals surface area contributed by atoms with E-state index in [1.54, 1.807) is 32.5 Å². The van der Waals surface area contributed by atoms with Crippen molar-refractivity contribution in [1.82, 2.24) is 5.32 Å². The number of alkyl carbamates (subject to hydrolysis) is 1. The molecule has 2 aromatic carbocycles. The molecule has 0 unspecified atom stereocenters. The number of ether oxygens (including phenoxy) is 1. The number of thioether (sulfide) groups is 1. The summed E-state index contributed by atoms with van der Waals surface area (Å²) in [5, 5.41) is 7.65. The van der Waals surface area contributed by atoms with Gasteiger partial charge >= 0.3 is 6.09 Å². The van der Waals surface area contributed by atoms with Crippen LogP contribution in [0, 0.1) is 0 Å². The highest BCUT2D eigenvalue weighted by Crippen LogP contribution is 2.39. The molecule has 9 heteroatoms. The van der Waals surface area contributed by atoms with E-state index in [1.807, 2.05) is 36.6 Å². The first kappa shape index (κ1) is 29.5. The van der Waals surface area contributed by atoms with Crippen LogP contribution in [0.4, 0.5) is 10.5 Å². The van der Waals surface area contributed by atoms with Gasteiger partial charge in [0.1, 0.15) is 17.4 Å². The smallest absolute Gasteiger partial charge is 0.408 e. The minimum absolute atomic E-state index is 0.0636. The van der Waals surface area contributed by atoms with E-state index in [0.29, 0.717) is 12.1 Å². The molecule has 194 valence electrons. The molecule has 0 saturated heterocycles. The van der Waals surface area contributed by atoms with Gasteiger partial charge in [0.15, 0.2) is 0 Å². The largest absolute Gasteiger partial charge is 0.543 e. The zero-order valence-corrected chi connectivity index (χ0v) is 25.7. The lowest BCUT2D eigenvalue weighted by molar-refractivity contribution is -0.118. The van der Waals surface area contributed by atoms with Crippen LogP contribution in [0.25, 0.3) is 10.8 Å². The van der Waals surface area contributed by atoms with Gasteiger partial charge in [0.25, 0.3) is 0 Å². The third-order valence-electron chi connectivity index (χ3n) is 5.99. The molecular formula is C26H39BrN2O4SSi. The molecule has 0 aromatic heterocycles. The number of halogens is 1. The summed E-state index contributed by atoms with van der Waals surface area (Å²) >= 11 is 5.23. The molecule has 2 amide bonds. The van der Waals surface area contributed by atoms with Crippen molar-refractivity contribution in [2.75, 3.05) is 17.3 Å². The van der Waals surface area contributed by atoms with E-state index in [-0.39, 0.29) is 10.9 Å². The van der Waals surface area contributed by atoms with Crippen LogP contribution in [0.5, 0.6) is 5.75 Å². The van der Waals surface area contributed by atoms with Crippen LogP contribution in [0.3, 0.4) is 0 Å². The average molecular weight is 584 g/mol. The predicted octanol–water partition coefficient (Wildman–Crippen LogP) is 7.57. The number of nitrogens with one attached hydrogen (secondary N) is 2. The monoisotopic (exact) mass is 582 g/mol. The molecule has 0 heterocycles. The van der Waals surface area contributed by atoms with Gasteiger partial charge < -0.3 is 19.8 Å². The lowest BCUT2D eigenvalue weighted by atomic mass is 10.1. The number of carbonyl (C=O) groups is 2. The van der Waals surface area contributed by atoms with Gasteiger partial charge in [0, 0.05) is 15.5 Å². The van der Waals surface area contributed by atoms with Crippen molar-refractivity contribution in [1.29, 1.82) is 0 Å². The maximum Gasteiger partial charge on any atom is 0.408 e. The fourth-order valence-corrected chi connectivity index (χ4v) is 5.06. The first-order valence-corrected chi connectivity index (χ1v) is 16.8. The van der Waals surface area contributed by atoms with Crippen molar-refractivity contribution in [2.45, 2.75) is 77.7 Å². The Morgan fingerprint density at radius 3 is 2.29 bits per heavy atom. The van der Waals surface area contributed by atoms with E-state index in [1.165, 1.54) is 0 Å². The predicted molar refractivity (Wildman–Crippen MR) is 154 cm³/mol. The molecule has 2 rings (SSSR count). The highest BCUT2D eigenvalue weighted by Gasteiger charge is 2.39. The van der Waals surface area contributed by atoms with Crippen molar-refractivity contribution in [2.24, 2.45) is 0 Å². The van der Waals surface area contributed by atoms with Gasteiger partial charge in [-0.3, -0.25) is 4.79 Å². The summed E-state index contributed by atoms with van der Waals surface area (Å²) in [6, 6.07) is 9.01. The minimum atomic E-state index is -2.03. The normalized spacial score (nSPS) is 13.3. The van der Waals surface area contributed by atoms with Gasteiger partial charge in [-0.2, -0.15) is 11.8 Å². The van der Waals surface area contributed by atoms with Crippen molar-refractivity contribution in [3.8, 4) is 5.75 Å². The van der Waals surface area contributed by atoms with Gasteiger partial charge in [-0.15, -0.1) is 0 Å². The van der Waals surface area contributed by atoms with E-state index in [0.717, 1.165) is 26.7 Å². The fourth-order valence-electron chi connectivity index (χ4n) is 3.08. The zero-order valence-electron chi connectivity index (χ0n) is 22.3. The first-order valence-electron chi connectivity index (χ1n) is 11.7. The number of rotatable bonds is 8. The second-order valence-electron chi connectivity index (χ2n) is 11.1. The van der Waals surface area contributed by atoms with Gasteiger partial charge in [-0.25, -0.2) is 4.79 Å². The standard InChI is InChI=1S/C26H39BrN2O4SSi/c1-25(2,3)32-24(31)29-22(14-15-34-7)23(30)28-21-13-12-20(27)18-11-10-17(16-19(18)21)33-35(8,9)26(4,5)6/h10-13,16,22H,14-15H2,1-9H3,(H,28,30)(H,29,31)/t22-/m1/s1. The lowest BCUT2D eigenvalue weighted by Gasteiger charge is -2.36. The number of fused-ring (bicyclic) bond motifs is 1. The molecule has 0 aliphatic rings. The topological polar surface area (TPSA) is 76.7 Å². The van der Waals surface area contributed by atoms with Crippen molar-refractivity contribution < 1.29 is 18.8 Å². The molecule has 6 nitrogen and oxygen atoms in total. The molecule has 0 aliphatic carbocycles. The number of benzene rings is 2. The maximum atomic E-state index is 13.3. The first-order chi connectivity index (χ1) is 16.0. The van der Waals surface area contributed by atoms with Crippen LogP contribution in [-0.4, -0.2) is 44.0 Å². The van der Waals surface area contributed by atoms with Crippen molar-refractivity contribution in [3.63, 3.8) is 0 Å². The summed E-state index contributed by atoms with van der Waals surface area (Å²) in [5.41, 5.74) is 0.0154. The Morgan fingerprint density at radius 2 is 1.71 bits per heavy atom. The average Bonchev–Trinajstić information content (AvgIpc) is 2.70. The maximum absolute atomic E-state index is 13.3. The molecule has 0 bridgehead atoms. The van der Waals surface area contributed by atoms with Gasteiger partial charge in [0.05, 0.1) is 0 Å². The fraction of sp³-hybridized carbons (Fsp3) is 0.538. The Kier molecular flexibility index (Phi) is 9.75. The second-order valence-corrected chi connectivity index (χ2v) is 17.7. The molecule has 0 aliphatic heterocycles. The molecule has 0 spiro atoms. The molecule has 0 radical (unpaired) electrons. The second kappa shape index (κ2) is 11.6. The summed E-state index contributed by atoms with van der Waals surface area (Å²) in [5.74, 6) is 1.21. The zero-order chi connectivity index (χ0) is 26.6. The molecule has 1 atom stereocenters. The highest BCUT2D eigenvalue weighted by atomic mass is 79.9.